The summed E-state index contributed by atoms with van der Waals surface area (Å²) in [7, 11) is 1.72. The maximum atomic E-state index is 10.3. The van der Waals surface area contributed by atoms with Gasteiger partial charge in [-0.2, -0.15) is 0 Å². The Bertz CT molecular complexity index is 180. The van der Waals surface area contributed by atoms with Crippen molar-refractivity contribution >= 4 is 6.29 Å². The highest BCUT2D eigenvalue weighted by atomic mass is 16.1. The summed E-state index contributed by atoms with van der Waals surface area (Å²) in [4.78, 5) is 10.3. The van der Waals surface area contributed by atoms with E-state index < -0.39 is 0 Å². The van der Waals surface area contributed by atoms with Crippen LogP contribution in [0.25, 0.3) is 0 Å². The average Bonchev–Trinajstić information content (AvgIpc) is 1.90. The summed E-state index contributed by atoms with van der Waals surface area (Å²) in [5, 5.41) is 2.78. The molecule has 2 nitrogen and oxygen atoms in total. The van der Waals surface area contributed by atoms with Crippen LogP contribution in [0.1, 0.15) is 13.8 Å². The molecule has 10 heavy (non-hydrogen) atoms. The van der Waals surface area contributed by atoms with Gasteiger partial charge in [0.15, 0.2) is 6.29 Å². The molecule has 0 aromatic carbocycles. The first-order chi connectivity index (χ1) is 4.63. The number of aldehydes is 1. The van der Waals surface area contributed by atoms with Crippen LogP contribution in [-0.4, -0.2) is 13.3 Å². The zero-order chi connectivity index (χ0) is 8.15. The van der Waals surface area contributed by atoms with Crippen molar-refractivity contribution in [3.05, 3.63) is 23.4 Å². The SMILES string of the molecule is C=C(C)/C(C)=C(/C=O)NC. The Hall–Kier alpha value is -1.05. The Labute approximate surface area is 61.6 Å². The molecule has 0 saturated carbocycles. The van der Waals surface area contributed by atoms with Crippen LogP contribution >= 0.6 is 0 Å². The fraction of sp³-hybridized carbons (Fsp3) is 0.375. The Morgan fingerprint density at radius 1 is 1.50 bits per heavy atom. The fourth-order valence-electron chi connectivity index (χ4n) is 0.565. The second kappa shape index (κ2) is 3.88. The van der Waals surface area contributed by atoms with E-state index in [2.05, 4.69) is 11.9 Å². The molecule has 0 fully saturated rings. The van der Waals surface area contributed by atoms with E-state index in [1.165, 1.54) is 0 Å². The number of carbonyl (C=O) groups is 1. The van der Waals surface area contributed by atoms with Crippen molar-refractivity contribution in [1.82, 2.24) is 5.32 Å². The standard InChI is InChI=1S/C8H13NO/c1-6(2)7(3)8(5-10)9-4/h5,9H,1H2,2-4H3/b8-7-. The summed E-state index contributed by atoms with van der Waals surface area (Å²) >= 11 is 0. The highest BCUT2D eigenvalue weighted by molar-refractivity contribution is 5.74. The van der Waals surface area contributed by atoms with Gasteiger partial charge in [-0.1, -0.05) is 12.2 Å². The number of carbonyl (C=O) groups excluding carboxylic acids is 1. The Morgan fingerprint density at radius 3 is 2.10 bits per heavy atom. The van der Waals surface area contributed by atoms with Gasteiger partial charge in [-0.3, -0.25) is 4.79 Å². The van der Waals surface area contributed by atoms with Gasteiger partial charge in [-0.15, -0.1) is 0 Å². The molecule has 0 aromatic rings. The normalized spacial score (nSPS) is 11.9. The van der Waals surface area contributed by atoms with Crippen LogP contribution in [0.2, 0.25) is 0 Å². The zero-order valence-electron chi connectivity index (χ0n) is 6.69. The quantitative estimate of drug-likeness (QED) is 0.362. The van der Waals surface area contributed by atoms with Crippen LogP contribution in [0.4, 0.5) is 0 Å². The predicted molar refractivity (Wildman–Crippen MR) is 42.6 cm³/mol. The van der Waals surface area contributed by atoms with Crippen LogP contribution in [0.3, 0.4) is 0 Å². The van der Waals surface area contributed by atoms with Gasteiger partial charge in [0, 0.05) is 7.05 Å². The van der Waals surface area contributed by atoms with Gasteiger partial charge in [-0.25, -0.2) is 0 Å². The highest BCUT2D eigenvalue weighted by Gasteiger charge is 1.97. The minimum atomic E-state index is 0.604. The van der Waals surface area contributed by atoms with E-state index in [1.807, 2.05) is 13.8 Å². The molecule has 0 aromatic heterocycles. The molecule has 0 rings (SSSR count). The Balaban J connectivity index is 4.59. The first kappa shape index (κ1) is 8.95. The molecule has 0 bridgehead atoms. The largest absolute Gasteiger partial charge is 0.385 e. The van der Waals surface area contributed by atoms with Gasteiger partial charge in [0.1, 0.15) is 0 Å². The summed E-state index contributed by atoms with van der Waals surface area (Å²) in [6.07, 6.45) is 0.796. The third kappa shape index (κ3) is 2.05. The van der Waals surface area contributed by atoms with Gasteiger partial charge in [0.25, 0.3) is 0 Å². The molecule has 0 radical (unpaired) electrons. The van der Waals surface area contributed by atoms with Crippen LogP contribution in [0, 0.1) is 0 Å². The van der Waals surface area contributed by atoms with Crippen molar-refractivity contribution in [3.8, 4) is 0 Å². The smallest absolute Gasteiger partial charge is 0.166 e. The summed E-state index contributed by atoms with van der Waals surface area (Å²) in [5.74, 6) is 0. The number of nitrogens with one attached hydrogen (secondary N) is 1. The van der Waals surface area contributed by atoms with E-state index in [0.717, 1.165) is 17.4 Å². The monoisotopic (exact) mass is 139 g/mol. The van der Waals surface area contributed by atoms with E-state index in [-0.39, 0.29) is 0 Å². The lowest BCUT2D eigenvalue weighted by atomic mass is 10.1. The van der Waals surface area contributed by atoms with Gasteiger partial charge in [0.2, 0.25) is 0 Å². The molecule has 0 atom stereocenters. The van der Waals surface area contributed by atoms with Gasteiger partial charge >= 0.3 is 0 Å². The summed E-state index contributed by atoms with van der Waals surface area (Å²) < 4.78 is 0. The topological polar surface area (TPSA) is 29.1 Å². The van der Waals surface area contributed by atoms with Crippen molar-refractivity contribution in [2.45, 2.75) is 13.8 Å². The molecule has 0 saturated heterocycles. The van der Waals surface area contributed by atoms with E-state index in [9.17, 15) is 4.79 Å². The summed E-state index contributed by atoms with van der Waals surface area (Å²) in [6.45, 7) is 7.45. The van der Waals surface area contributed by atoms with Gasteiger partial charge < -0.3 is 5.32 Å². The first-order valence-electron chi connectivity index (χ1n) is 3.13. The molecule has 0 aliphatic rings. The van der Waals surface area contributed by atoms with Crippen molar-refractivity contribution in [1.29, 1.82) is 0 Å². The minimum Gasteiger partial charge on any atom is -0.385 e. The second-order valence-electron chi connectivity index (χ2n) is 2.19. The molecule has 1 N–H and O–H groups in total. The van der Waals surface area contributed by atoms with Crippen molar-refractivity contribution in [2.24, 2.45) is 0 Å². The number of allylic oxidation sites excluding steroid dienone is 3. The first-order valence-corrected chi connectivity index (χ1v) is 3.13. The van der Waals surface area contributed by atoms with Crippen LogP contribution in [0.5, 0.6) is 0 Å². The van der Waals surface area contributed by atoms with E-state index in [4.69, 9.17) is 0 Å². The van der Waals surface area contributed by atoms with E-state index >= 15 is 0 Å². The van der Waals surface area contributed by atoms with Crippen molar-refractivity contribution in [2.75, 3.05) is 7.05 Å². The third-order valence-corrected chi connectivity index (χ3v) is 1.43. The molecule has 0 unspecified atom stereocenters. The summed E-state index contributed by atoms with van der Waals surface area (Å²) in [6, 6.07) is 0. The number of likely N-dealkylation sites (N-methyl/N-ethyl adjacent to an activating group) is 1. The Morgan fingerprint density at radius 2 is 2.00 bits per heavy atom. The molecule has 0 spiro atoms. The lowest BCUT2D eigenvalue weighted by Gasteiger charge is -2.03. The van der Waals surface area contributed by atoms with Crippen LogP contribution in [-0.2, 0) is 4.79 Å². The lowest BCUT2D eigenvalue weighted by Crippen LogP contribution is -2.09. The highest BCUT2D eigenvalue weighted by Crippen LogP contribution is 2.07. The fourth-order valence-corrected chi connectivity index (χ4v) is 0.565. The zero-order valence-corrected chi connectivity index (χ0v) is 6.69. The molecule has 0 aliphatic heterocycles. The molecule has 0 amide bonds. The predicted octanol–water partition coefficient (Wildman–Crippen LogP) is 1.25. The van der Waals surface area contributed by atoms with Gasteiger partial charge in [-0.05, 0) is 19.4 Å². The van der Waals surface area contributed by atoms with Crippen molar-refractivity contribution < 1.29 is 4.79 Å². The average molecular weight is 139 g/mol. The maximum Gasteiger partial charge on any atom is 0.166 e. The third-order valence-electron chi connectivity index (χ3n) is 1.43. The van der Waals surface area contributed by atoms with E-state index in [0.29, 0.717) is 5.70 Å². The second-order valence-corrected chi connectivity index (χ2v) is 2.19. The number of hydrogen-bond acceptors (Lipinski definition) is 2. The minimum absolute atomic E-state index is 0.604. The van der Waals surface area contributed by atoms with Crippen LogP contribution in [0.15, 0.2) is 23.4 Å². The molecule has 0 heterocycles. The maximum absolute atomic E-state index is 10.3. The Kier molecular flexibility index (Phi) is 3.47. The molecule has 0 aliphatic carbocycles. The molecular weight excluding hydrogens is 126 g/mol. The van der Waals surface area contributed by atoms with E-state index in [1.54, 1.807) is 7.05 Å². The number of rotatable bonds is 3. The molecular formula is C8H13NO. The summed E-state index contributed by atoms with van der Waals surface area (Å²) in [5.41, 5.74) is 2.43. The lowest BCUT2D eigenvalue weighted by molar-refractivity contribution is -0.105. The van der Waals surface area contributed by atoms with Gasteiger partial charge in [0.05, 0.1) is 5.70 Å². The molecule has 2 heteroatoms. The molecule has 56 valence electrons. The number of hydrogen-bond donors (Lipinski definition) is 1. The van der Waals surface area contributed by atoms with Crippen molar-refractivity contribution in [3.63, 3.8) is 0 Å². The van der Waals surface area contributed by atoms with Crippen LogP contribution < -0.4 is 5.32 Å².